The number of ether oxygens (including phenoxy) is 1. The molecule has 28 heavy (non-hydrogen) atoms. The lowest BCUT2D eigenvalue weighted by Crippen LogP contribution is -2.12. The van der Waals surface area contributed by atoms with Gasteiger partial charge in [0.05, 0.1) is 7.11 Å². The van der Waals surface area contributed by atoms with Crippen molar-refractivity contribution in [2.24, 2.45) is 5.92 Å². The molecule has 3 aromatic rings. The number of fused-ring (bicyclic) bond motifs is 1. The van der Waals surface area contributed by atoms with E-state index in [1.54, 1.807) is 7.11 Å². The lowest BCUT2D eigenvalue weighted by atomic mass is 9.78. The van der Waals surface area contributed by atoms with Crippen LogP contribution in [0, 0.1) is 17.8 Å². The lowest BCUT2D eigenvalue weighted by molar-refractivity contribution is 0.319. The van der Waals surface area contributed by atoms with E-state index in [1.165, 1.54) is 48.4 Å². The monoisotopic (exact) mass is 368 g/mol. The maximum Gasteiger partial charge on any atom is 0.119 e. The Labute approximate surface area is 168 Å². The first-order valence-corrected chi connectivity index (χ1v) is 10.4. The van der Waals surface area contributed by atoms with Crippen molar-refractivity contribution in [3.05, 3.63) is 77.4 Å². The van der Waals surface area contributed by atoms with Crippen LogP contribution in [0.15, 0.2) is 60.7 Å². The van der Waals surface area contributed by atoms with Crippen molar-refractivity contribution >= 4 is 10.8 Å². The highest BCUT2D eigenvalue weighted by Crippen LogP contribution is 2.36. The Morgan fingerprint density at radius 2 is 1.43 bits per heavy atom. The number of methoxy groups -OCH3 is 1. The van der Waals surface area contributed by atoms with Crippen LogP contribution in [0.3, 0.4) is 0 Å². The summed E-state index contributed by atoms with van der Waals surface area (Å²) in [5.41, 5.74) is 3.61. The standard InChI is InChI=1S/C27H28O/c1-3-20-6-11-23(12-7-20)24-13-8-21(9-14-24)4-5-22-10-15-26-19-27(28-2)17-16-25(26)18-22/h8-10,13-20,23H,3,6-7,11-12H2,1-2H3. The molecule has 4 rings (SSSR count). The zero-order valence-corrected chi connectivity index (χ0v) is 16.9. The summed E-state index contributed by atoms with van der Waals surface area (Å²) in [7, 11) is 1.70. The molecule has 0 saturated heterocycles. The molecule has 142 valence electrons. The van der Waals surface area contributed by atoms with Crippen LogP contribution >= 0.6 is 0 Å². The first-order chi connectivity index (χ1) is 13.7. The molecular formula is C27H28O. The van der Waals surface area contributed by atoms with Gasteiger partial charge in [-0.15, -0.1) is 0 Å². The van der Waals surface area contributed by atoms with Gasteiger partial charge in [-0.25, -0.2) is 0 Å². The molecule has 1 aliphatic carbocycles. The second-order valence-electron chi connectivity index (χ2n) is 7.93. The second kappa shape index (κ2) is 8.53. The van der Waals surface area contributed by atoms with Gasteiger partial charge in [0.1, 0.15) is 5.75 Å². The van der Waals surface area contributed by atoms with Crippen molar-refractivity contribution < 1.29 is 4.74 Å². The van der Waals surface area contributed by atoms with E-state index in [0.29, 0.717) is 0 Å². The van der Waals surface area contributed by atoms with Crippen LogP contribution in [0.25, 0.3) is 10.8 Å². The fourth-order valence-corrected chi connectivity index (χ4v) is 4.32. The number of hydrogen-bond donors (Lipinski definition) is 0. The maximum absolute atomic E-state index is 5.29. The van der Waals surface area contributed by atoms with Crippen LogP contribution in [0.2, 0.25) is 0 Å². The van der Waals surface area contributed by atoms with E-state index < -0.39 is 0 Å². The molecule has 1 saturated carbocycles. The molecule has 0 spiro atoms. The lowest BCUT2D eigenvalue weighted by Gasteiger charge is -2.28. The topological polar surface area (TPSA) is 9.23 Å². The quantitative estimate of drug-likeness (QED) is 0.455. The number of rotatable bonds is 3. The molecule has 1 aliphatic rings. The van der Waals surface area contributed by atoms with Gasteiger partial charge in [-0.2, -0.15) is 0 Å². The molecule has 0 aliphatic heterocycles. The SMILES string of the molecule is CCC1CCC(c2ccc(C#Cc3ccc4cc(OC)ccc4c3)cc2)CC1. The van der Waals surface area contributed by atoms with Gasteiger partial charge in [0, 0.05) is 11.1 Å². The molecular weight excluding hydrogens is 340 g/mol. The Morgan fingerprint density at radius 3 is 2.14 bits per heavy atom. The predicted octanol–water partition coefficient (Wildman–Crippen LogP) is 6.93. The third-order valence-corrected chi connectivity index (χ3v) is 6.20. The molecule has 0 bridgehead atoms. The van der Waals surface area contributed by atoms with Gasteiger partial charge < -0.3 is 4.74 Å². The Hall–Kier alpha value is -2.72. The van der Waals surface area contributed by atoms with Crippen LogP contribution in [0.4, 0.5) is 0 Å². The van der Waals surface area contributed by atoms with Gasteiger partial charge in [-0.05, 0) is 90.3 Å². The van der Waals surface area contributed by atoms with E-state index in [-0.39, 0.29) is 0 Å². The minimum Gasteiger partial charge on any atom is -0.497 e. The van der Waals surface area contributed by atoms with E-state index in [1.807, 2.05) is 6.07 Å². The summed E-state index contributed by atoms with van der Waals surface area (Å²) in [6, 6.07) is 21.4. The van der Waals surface area contributed by atoms with Gasteiger partial charge in [-0.3, -0.25) is 0 Å². The summed E-state index contributed by atoms with van der Waals surface area (Å²) in [4.78, 5) is 0. The molecule has 0 N–H and O–H groups in total. The third-order valence-electron chi connectivity index (χ3n) is 6.20. The largest absolute Gasteiger partial charge is 0.497 e. The highest BCUT2D eigenvalue weighted by molar-refractivity contribution is 5.85. The first-order valence-electron chi connectivity index (χ1n) is 10.4. The maximum atomic E-state index is 5.29. The molecule has 1 fully saturated rings. The molecule has 0 heterocycles. The van der Waals surface area contributed by atoms with E-state index in [2.05, 4.69) is 73.4 Å². The summed E-state index contributed by atoms with van der Waals surface area (Å²) in [5, 5.41) is 2.36. The van der Waals surface area contributed by atoms with Crippen LogP contribution in [0.1, 0.15) is 61.6 Å². The molecule has 0 aromatic heterocycles. The van der Waals surface area contributed by atoms with Crippen molar-refractivity contribution in [1.29, 1.82) is 0 Å². The van der Waals surface area contributed by atoms with Gasteiger partial charge in [0.2, 0.25) is 0 Å². The summed E-state index contributed by atoms with van der Waals surface area (Å²) >= 11 is 0. The first kappa shape index (κ1) is 18.6. The van der Waals surface area contributed by atoms with Crippen molar-refractivity contribution in [2.45, 2.75) is 44.9 Å². The van der Waals surface area contributed by atoms with Crippen LogP contribution in [0.5, 0.6) is 5.75 Å². The van der Waals surface area contributed by atoms with E-state index in [9.17, 15) is 0 Å². The fraction of sp³-hybridized carbons (Fsp3) is 0.333. The number of benzene rings is 3. The molecule has 0 radical (unpaired) electrons. The highest BCUT2D eigenvalue weighted by Gasteiger charge is 2.20. The molecule has 1 nitrogen and oxygen atoms in total. The predicted molar refractivity (Wildman–Crippen MR) is 118 cm³/mol. The average molecular weight is 369 g/mol. The van der Waals surface area contributed by atoms with E-state index in [4.69, 9.17) is 4.74 Å². The van der Waals surface area contributed by atoms with Crippen molar-refractivity contribution in [3.8, 4) is 17.6 Å². The summed E-state index contributed by atoms with van der Waals surface area (Å²) in [6.07, 6.45) is 6.79. The van der Waals surface area contributed by atoms with E-state index >= 15 is 0 Å². The van der Waals surface area contributed by atoms with E-state index in [0.717, 1.165) is 28.7 Å². The van der Waals surface area contributed by atoms with Crippen LogP contribution in [-0.2, 0) is 0 Å². The molecule has 0 unspecified atom stereocenters. The minimum atomic E-state index is 0.738. The fourth-order valence-electron chi connectivity index (χ4n) is 4.32. The zero-order chi connectivity index (χ0) is 19.3. The average Bonchev–Trinajstić information content (AvgIpc) is 2.77. The Bertz CT molecular complexity index is 996. The van der Waals surface area contributed by atoms with Crippen LogP contribution < -0.4 is 4.74 Å². The minimum absolute atomic E-state index is 0.738. The summed E-state index contributed by atoms with van der Waals surface area (Å²) in [5.74, 6) is 9.20. The van der Waals surface area contributed by atoms with Crippen LogP contribution in [-0.4, -0.2) is 7.11 Å². The van der Waals surface area contributed by atoms with Gasteiger partial charge in [0.25, 0.3) is 0 Å². The molecule has 0 amide bonds. The Balaban J connectivity index is 1.46. The van der Waals surface area contributed by atoms with Crippen molar-refractivity contribution in [1.82, 2.24) is 0 Å². The summed E-state index contributed by atoms with van der Waals surface area (Å²) < 4.78 is 5.29. The third kappa shape index (κ3) is 4.23. The highest BCUT2D eigenvalue weighted by atomic mass is 16.5. The van der Waals surface area contributed by atoms with Gasteiger partial charge >= 0.3 is 0 Å². The second-order valence-corrected chi connectivity index (χ2v) is 7.93. The Morgan fingerprint density at radius 1 is 0.786 bits per heavy atom. The summed E-state index contributed by atoms with van der Waals surface area (Å²) in [6.45, 7) is 2.32. The van der Waals surface area contributed by atoms with Gasteiger partial charge in [0.15, 0.2) is 0 Å². The smallest absolute Gasteiger partial charge is 0.119 e. The molecule has 1 heteroatoms. The molecule has 0 atom stereocenters. The van der Waals surface area contributed by atoms with Crippen molar-refractivity contribution in [3.63, 3.8) is 0 Å². The molecule has 3 aromatic carbocycles. The van der Waals surface area contributed by atoms with Crippen molar-refractivity contribution in [2.75, 3.05) is 7.11 Å². The number of hydrogen-bond acceptors (Lipinski definition) is 1. The Kier molecular flexibility index (Phi) is 5.68. The normalized spacial score (nSPS) is 19.1. The zero-order valence-electron chi connectivity index (χ0n) is 16.9. The van der Waals surface area contributed by atoms with Gasteiger partial charge in [-0.1, -0.05) is 49.5 Å².